The number of alkyl halides is 2. The first kappa shape index (κ1) is 21.8. The van der Waals surface area contributed by atoms with E-state index in [1.807, 2.05) is 0 Å². The lowest BCUT2D eigenvalue weighted by atomic mass is 10.0. The molecule has 3 N–H and O–H groups in total. The molecule has 0 aliphatic rings. The first-order valence-corrected chi connectivity index (χ1v) is 9.37. The second-order valence-corrected chi connectivity index (χ2v) is 6.94. The normalized spacial score (nSPS) is 11.9. The van der Waals surface area contributed by atoms with E-state index in [0.717, 1.165) is 5.56 Å². The molecule has 0 spiro atoms. The lowest BCUT2D eigenvalue weighted by molar-refractivity contribution is -0.137. The van der Waals surface area contributed by atoms with Crippen molar-refractivity contribution >= 4 is 17.6 Å². The topological polar surface area (TPSA) is 107 Å². The monoisotopic (exact) mass is 426 g/mol. The van der Waals surface area contributed by atoms with Crippen LogP contribution in [-0.4, -0.2) is 33.4 Å². The molecule has 0 aliphatic carbocycles. The minimum absolute atomic E-state index is 0.0603. The molecule has 2 aromatic carbocycles. The predicted molar refractivity (Wildman–Crippen MR) is 109 cm³/mol. The van der Waals surface area contributed by atoms with E-state index < -0.39 is 30.1 Å². The molecule has 31 heavy (non-hydrogen) atoms. The highest BCUT2D eigenvalue weighted by Gasteiger charge is 2.28. The zero-order valence-corrected chi connectivity index (χ0v) is 16.6. The number of benzene rings is 2. The molecule has 0 radical (unpaired) electrons. The van der Waals surface area contributed by atoms with E-state index in [-0.39, 0.29) is 23.2 Å². The lowest BCUT2D eigenvalue weighted by Crippen LogP contribution is -2.47. The van der Waals surface area contributed by atoms with Crippen molar-refractivity contribution in [1.29, 1.82) is 0 Å². The van der Waals surface area contributed by atoms with E-state index in [4.69, 9.17) is 5.73 Å². The summed E-state index contributed by atoms with van der Waals surface area (Å²) in [6, 6.07) is 13.2. The van der Waals surface area contributed by atoms with Crippen LogP contribution in [0.5, 0.6) is 0 Å². The smallest absolute Gasteiger partial charge is 0.287 e. The third kappa shape index (κ3) is 5.19. The molecule has 160 valence electrons. The summed E-state index contributed by atoms with van der Waals surface area (Å²) in [4.78, 5) is 36.8. The minimum atomic E-state index is -2.68. The van der Waals surface area contributed by atoms with Gasteiger partial charge in [0.2, 0.25) is 5.78 Å². The van der Waals surface area contributed by atoms with Gasteiger partial charge < -0.3 is 11.1 Å². The molecular formula is C22H20F2N4O3. The average Bonchev–Trinajstić information content (AvgIpc) is 3.15. The Morgan fingerprint density at radius 3 is 2.45 bits per heavy atom. The Morgan fingerprint density at radius 2 is 1.81 bits per heavy atom. The summed E-state index contributed by atoms with van der Waals surface area (Å²) < 4.78 is 27.5. The molecular weight excluding hydrogens is 406 g/mol. The number of amides is 2. The summed E-state index contributed by atoms with van der Waals surface area (Å²) >= 11 is 0. The van der Waals surface area contributed by atoms with Gasteiger partial charge in [-0.25, -0.2) is 8.78 Å². The van der Waals surface area contributed by atoms with E-state index in [1.165, 1.54) is 29.1 Å². The van der Waals surface area contributed by atoms with Crippen molar-refractivity contribution in [2.45, 2.75) is 18.9 Å². The van der Waals surface area contributed by atoms with E-state index in [2.05, 4.69) is 10.4 Å². The van der Waals surface area contributed by atoms with Crippen LogP contribution in [0.1, 0.15) is 27.9 Å². The van der Waals surface area contributed by atoms with Gasteiger partial charge in [0.25, 0.3) is 18.2 Å². The fraction of sp³-hybridized carbons (Fsp3) is 0.182. The van der Waals surface area contributed by atoms with Gasteiger partial charge in [-0.1, -0.05) is 48.5 Å². The number of rotatable bonds is 8. The van der Waals surface area contributed by atoms with E-state index in [9.17, 15) is 23.2 Å². The third-order valence-corrected chi connectivity index (χ3v) is 4.63. The van der Waals surface area contributed by atoms with Crippen LogP contribution in [0.4, 0.5) is 8.78 Å². The number of carbonyl (C=O) groups is 3. The van der Waals surface area contributed by atoms with Crippen LogP contribution in [0.15, 0.2) is 60.8 Å². The van der Waals surface area contributed by atoms with Crippen molar-refractivity contribution in [1.82, 2.24) is 15.1 Å². The molecule has 3 aromatic rings. The SMILES string of the molecule is Cn1cc(C(=O)NC(Cc2ccccc2)C(=O)C(N)=O)c(-c2cccc(C(F)F)c2)n1. The number of hydrogen-bond acceptors (Lipinski definition) is 4. The maximum atomic E-state index is 13.1. The Labute approximate surface area is 176 Å². The van der Waals surface area contributed by atoms with Crippen molar-refractivity contribution in [2.75, 3.05) is 0 Å². The molecule has 1 heterocycles. The number of carbonyl (C=O) groups excluding carboxylic acids is 3. The van der Waals surface area contributed by atoms with Crippen molar-refractivity contribution in [3.8, 4) is 11.3 Å². The van der Waals surface area contributed by atoms with Crippen LogP contribution in [0, 0.1) is 0 Å². The summed E-state index contributed by atoms with van der Waals surface area (Å²) in [6.45, 7) is 0. The summed E-state index contributed by atoms with van der Waals surface area (Å²) in [6.07, 6.45) is -1.21. The van der Waals surface area contributed by atoms with Gasteiger partial charge in [-0.15, -0.1) is 0 Å². The van der Waals surface area contributed by atoms with Crippen LogP contribution >= 0.6 is 0 Å². The van der Waals surface area contributed by atoms with Crippen LogP contribution in [0.3, 0.4) is 0 Å². The highest BCUT2D eigenvalue weighted by atomic mass is 19.3. The summed E-state index contributed by atoms with van der Waals surface area (Å²) in [7, 11) is 1.58. The molecule has 0 bridgehead atoms. The van der Waals surface area contributed by atoms with Crippen LogP contribution < -0.4 is 11.1 Å². The Hall–Kier alpha value is -3.88. The summed E-state index contributed by atoms with van der Waals surface area (Å²) in [5.41, 5.74) is 6.23. The molecule has 2 amide bonds. The number of aryl methyl sites for hydroxylation is 1. The zero-order valence-electron chi connectivity index (χ0n) is 16.6. The number of halogens is 2. The molecule has 9 heteroatoms. The van der Waals surface area contributed by atoms with Crippen LogP contribution in [-0.2, 0) is 23.1 Å². The number of ketones is 1. The Kier molecular flexibility index (Phi) is 6.54. The first-order chi connectivity index (χ1) is 14.8. The molecule has 1 atom stereocenters. The number of nitrogens with one attached hydrogen (secondary N) is 1. The maximum absolute atomic E-state index is 13.1. The van der Waals surface area contributed by atoms with Crippen LogP contribution in [0.25, 0.3) is 11.3 Å². The molecule has 0 aliphatic heterocycles. The second-order valence-electron chi connectivity index (χ2n) is 6.94. The van der Waals surface area contributed by atoms with Crippen molar-refractivity contribution in [3.63, 3.8) is 0 Å². The maximum Gasteiger partial charge on any atom is 0.287 e. The fourth-order valence-electron chi connectivity index (χ4n) is 3.16. The lowest BCUT2D eigenvalue weighted by Gasteiger charge is -2.16. The number of primary amides is 1. The largest absolute Gasteiger partial charge is 0.363 e. The van der Waals surface area contributed by atoms with Crippen molar-refractivity contribution in [2.24, 2.45) is 12.8 Å². The average molecular weight is 426 g/mol. The predicted octanol–water partition coefficient (Wildman–Crippen LogP) is 2.42. The van der Waals surface area contributed by atoms with Gasteiger partial charge in [-0.2, -0.15) is 5.10 Å². The Balaban J connectivity index is 1.92. The quantitative estimate of drug-likeness (QED) is 0.540. The number of hydrogen-bond donors (Lipinski definition) is 2. The second kappa shape index (κ2) is 9.29. The van der Waals surface area contributed by atoms with E-state index in [1.54, 1.807) is 43.4 Å². The fourth-order valence-corrected chi connectivity index (χ4v) is 3.16. The van der Waals surface area contributed by atoms with Gasteiger partial charge in [0.15, 0.2) is 0 Å². The Bertz CT molecular complexity index is 1110. The van der Waals surface area contributed by atoms with Gasteiger partial charge in [-0.05, 0) is 11.6 Å². The molecule has 0 fully saturated rings. The number of nitrogens with zero attached hydrogens (tertiary/aromatic N) is 2. The summed E-state index contributed by atoms with van der Waals surface area (Å²) in [5, 5.41) is 6.74. The zero-order chi connectivity index (χ0) is 22.5. The van der Waals surface area contributed by atoms with Gasteiger partial charge >= 0.3 is 0 Å². The van der Waals surface area contributed by atoms with Gasteiger partial charge in [0.05, 0.1) is 5.56 Å². The molecule has 7 nitrogen and oxygen atoms in total. The van der Waals surface area contributed by atoms with Gasteiger partial charge in [0, 0.05) is 30.8 Å². The number of nitrogens with two attached hydrogens (primary N) is 1. The Morgan fingerprint density at radius 1 is 1.10 bits per heavy atom. The van der Waals surface area contributed by atoms with Crippen molar-refractivity contribution < 1.29 is 23.2 Å². The highest BCUT2D eigenvalue weighted by molar-refractivity contribution is 6.38. The van der Waals surface area contributed by atoms with Gasteiger partial charge in [-0.3, -0.25) is 19.1 Å². The third-order valence-electron chi connectivity index (χ3n) is 4.63. The molecule has 1 unspecified atom stereocenters. The number of aromatic nitrogens is 2. The molecule has 1 aromatic heterocycles. The molecule has 0 saturated heterocycles. The van der Waals surface area contributed by atoms with Crippen LogP contribution in [0.2, 0.25) is 0 Å². The summed E-state index contributed by atoms with van der Waals surface area (Å²) in [5.74, 6) is -2.79. The van der Waals surface area contributed by atoms with Gasteiger partial charge in [0.1, 0.15) is 11.7 Å². The van der Waals surface area contributed by atoms with E-state index >= 15 is 0 Å². The highest BCUT2D eigenvalue weighted by Crippen LogP contribution is 2.27. The number of Topliss-reactive ketones (excluding diaryl/α,β-unsaturated/α-hetero) is 1. The molecule has 3 rings (SSSR count). The first-order valence-electron chi connectivity index (χ1n) is 9.37. The minimum Gasteiger partial charge on any atom is -0.363 e. The van der Waals surface area contributed by atoms with E-state index in [0.29, 0.717) is 5.56 Å². The standard InChI is InChI=1S/C22H20F2N4O3/c1-28-12-16(18(27-28)14-8-5-9-15(11-14)20(23)24)22(31)26-17(19(29)21(25)30)10-13-6-3-2-4-7-13/h2-9,11-12,17,20H,10H2,1H3,(H2,25,30)(H,26,31). The molecule has 0 saturated carbocycles. The van der Waals surface area contributed by atoms with Crippen molar-refractivity contribution in [3.05, 3.63) is 77.5 Å².